The number of carbonyl (C=O) groups excluding carboxylic acids is 2. The molecular formula is C20H22Cl2FN3O3S. The number of hydrogen-bond donors (Lipinski definition) is 2. The van der Waals surface area contributed by atoms with Gasteiger partial charge in [0.05, 0.1) is 30.4 Å². The molecule has 3 N–H and O–H groups in total. The van der Waals surface area contributed by atoms with Gasteiger partial charge in [0.25, 0.3) is 5.91 Å². The molecule has 1 aliphatic heterocycles. The van der Waals surface area contributed by atoms with Crippen LogP contribution in [0.1, 0.15) is 29.3 Å². The van der Waals surface area contributed by atoms with Gasteiger partial charge < -0.3 is 10.6 Å². The van der Waals surface area contributed by atoms with Crippen molar-refractivity contribution in [3.63, 3.8) is 0 Å². The summed E-state index contributed by atoms with van der Waals surface area (Å²) in [5, 5.41) is 0.580. The summed E-state index contributed by atoms with van der Waals surface area (Å²) in [5.41, 5.74) is 9.30. The molecule has 3 rings (SSSR count). The van der Waals surface area contributed by atoms with Crippen LogP contribution in [0.5, 0.6) is 0 Å². The Kier molecular flexibility index (Phi) is 8.93. The van der Waals surface area contributed by atoms with Crippen LogP contribution in [-0.4, -0.2) is 30.2 Å². The molecule has 6 nitrogen and oxygen atoms in total. The van der Waals surface area contributed by atoms with Gasteiger partial charge in [-0.1, -0.05) is 30.7 Å². The second-order valence-corrected chi connectivity index (χ2v) is 8.05. The molecule has 30 heavy (non-hydrogen) atoms. The highest BCUT2D eigenvalue weighted by molar-refractivity contribution is 7.99. The van der Waals surface area contributed by atoms with E-state index in [4.69, 9.17) is 22.2 Å². The number of amides is 2. The molecule has 2 aromatic carbocycles. The van der Waals surface area contributed by atoms with Gasteiger partial charge in [-0.05, 0) is 36.2 Å². The molecule has 0 radical (unpaired) electrons. The Bertz CT molecular complexity index is 915. The minimum Gasteiger partial charge on any atom is -0.319 e. The van der Waals surface area contributed by atoms with Crippen LogP contribution < -0.4 is 16.1 Å². The zero-order valence-electron chi connectivity index (χ0n) is 16.2. The maximum atomic E-state index is 14.6. The number of benzene rings is 2. The van der Waals surface area contributed by atoms with Crippen molar-refractivity contribution in [2.75, 3.05) is 17.3 Å². The minimum absolute atomic E-state index is 0. The lowest BCUT2D eigenvalue weighted by atomic mass is 10.1. The van der Waals surface area contributed by atoms with Crippen molar-refractivity contribution in [1.82, 2.24) is 5.48 Å². The molecule has 0 bridgehead atoms. The van der Waals surface area contributed by atoms with Crippen LogP contribution in [0.4, 0.5) is 10.1 Å². The highest BCUT2D eigenvalue weighted by Crippen LogP contribution is 2.37. The fourth-order valence-corrected chi connectivity index (χ4v) is 3.95. The maximum absolute atomic E-state index is 14.6. The summed E-state index contributed by atoms with van der Waals surface area (Å²) in [6, 6.07) is 8.94. The highest BCUT2D eigenvalue weighted by atomic mass is 35.5. The van der Waals surface area contributed by atoms with Crippen LogP contribution >= 0.6 is 35.8 Å². The molecule has 0 saturated carbocycles. The maximum Gasteiger partial charge on any atom is 0.277 e. The van der Waals surface area contributed by atoms with Crippen LogP contribution in [0.3, 0.4) is 0 Å². The van der Waals surface area contributed by atoms with Gasteiger partial charge in [-0.2, -0.15) is 0 Å². The van der Waals surface area contributed by atoms with E-state index < -0.39 is 17.8 Å². The SMILES string of the molecule is CCCONC(=O)c1cc2c(cc1F)SC[C@H](N)C(=O)N2Cc1ccc(Cl)cc1.Cl. The number of anilines is 1. The van der Waals surface area contributed by atoms with E-state index in [2.05, 4.69) is 5.48 Å². The fraction of sp³-hybridized carbons (Fsp3) is 0.300. The number of halogens is 3. The predicted octanol–water partition coefficient (Wildman–Crippen LogP) is 3.94. The van der Waals surface area contributed by atoms with Crippen LogP contribution in [0.15, 0.2) is 41.3 Å². The van der Waals surface area contributed by atoms with Crippen molar-refractivity contribution in [1.29, 1.82) is 0 Å². The molecule has 1 atom stereocenters. The number of nitrogens with zero attached hydrogens (tertiary/aromatic N) is 1. The summed E-state index contributed by atoms with van der Waals surface area (Å²) in [7, 11) is 0. The minimum atomic E-state index is -0.743. The summed E-state index contributed by atoms with van der Waals surface area (Å²) in [6.45, 7) is 2.41. The second-order valence-electron chi connectivity index (χ2n) is 6.55. The molecule has 10 heteroatoms. The van der Waals surface area contributed by atoms with E-state index in [1.54, 1.807) is 24.3 Å². The third-order valence-corrected chi connectivity index (χ3v) is 5.73. The van der Waals surface area contributed by atoms with Gasteiger partial charge in [0.15, 0.2) is 0 Å². The highest BCUT2D eigenvalue weighted by Gasteiger charge is 2.30. The van der Waals surface area contributed by atoms with E-state index in [0.717, 1.165) is 5.56 Å². The summed E-state index contributed by atoms with van der Waals surface area (Å²) in [5.74, 6) is -1.39. The molecule has 2 aromatic rings. The Labute approximate surface area is 189 Å². The third-order valence-electron chi connectivity index (χ3n) is 4.31. The van der Waals surface area contributed by atoms with Crippen LogP contribution in [-0.2, 0) is 16.2 Å². The third kappa shape index (κ3) is 5.65. The molecule has 162 valence electrons. The van der Waals surface area contributed by atoms with Crippen molar-refractivity contribution >= 4 is 53.3 Å². The molecule has 2 amide bonds. The van der Waals surface area contributed by atoms with Gasteiger partial charge in [0.1, 0.15) is 5.82 Å². The largest absolute Gasteiger partial charge is 0.319 e. The number of thioether (sulfide) groups is 1. The lowest BCUT2D eigenvalue weighted by Gasteiger charge is -2.25. The smallest absolute Gasteiger partial charge is 0.277 e. The molecule has 0 aliphatic carbocycles. The number of hydrogen-bond acceptors (Lipinski definition) is 5. The van der Waals surface area contributed by atoms with Crippen molar-refractivity contribution in [3.8, 4) is 0 Å². The average Bonchev–Trinajstić information content (AvgIpc) is 2.81. The van der Waals surface area contributed by atoms with E-state index in [1.165, 1.54) is 28.8 Å². The molecule has 1 aliphatic rings. The molecule has 0 fully saturated rings. The monoisotopic (exact) mass is 473 g/mol. The van der Waals surface area contributed by atoms with Gasteiger partial charge in [0, 0.05) is 15.7 Å². The Balaban J connectivity index is 0.00000320. The first-order valence-electron chi connectivity index (χ1n) is 9.10. The van der Waals surface area contributed by atoms with E-state index in [9.17, 15) is 14.0 Å². The lowest BCUT2D eigenvalue weighted by Crippen LogP contribution is -2.44. The van der Waals surface area contributed by atoms with E-state index >= 15 is 0 Å². The van der Waals surface area contributed by atoms with Crippen LogP contribution in [0, 0.1) is 5.82 Å². The number of hydroxylamine groups is 1. The number of nitrogens with one attached hydrogen (secondary N) is 1. The first kappa shape index (κ1) is 24.4. The van der Waals surface area contributed by atoms with Gasteiger partial charge in [0.2, 0.25) is 5.91 Å². The second kappa shape index (κ2) is 11.0. The lowest BCUT2D eigenvalue weighted by molar-refractivity contribution is -0.119. The fourth-order valence-electron chi connectivity index (χ4n) is 2.82. The normalized spacial score (nSPS) is 15.8. The number of nitrogens with two attached hydrogens (primary N) is 1. The summed E-state index contributed by atoms with van der Waals surface area (Å²) < 4.78 is 14.6. The summed E-state index contributed by atoms with van der Waals surface area (Å²) in [4.78, 5) is 32.3. The van der Waals surface area contributed by atoms with Crippen LogP contribution in [0.25, 0.3) is 0 Å². The van der Waals surface area contributed by atoms with E-state index in [1.807, 2.05) is 6.92 Å². The zero-order valence-corrected chi connectivity index (χ0v) is 18.6. The molecule has 0 unspecified atom stereocenters. The Morgan fingerprint density at radius 2 is 2.07 bits per heavy atom. The molecule has 0 aromatic heterocycles. The number of rotatable bonds is 6. The van der Waals surface area contributed by atoms with Crippen LogP contribution in [0.2, 0.25) is 5.02 Å². The van der Waals surface area contributed by atoms with Crippen molar-refractivity contribution in [2.24, 2.45) is 5.73 Å². The topological polar surface area (TPSA) is 84.7 Å². The van der Waals surface area contributed by atoms with Crippen molar-refractivity contribution in [2.45, 2.75) is 30.8 Å². The van der Waals surface area contributed by atoms with E-state index in [0.29, 0.717) is 34.4 Å². The summed E-state index contributed by atoms with van der Waals surface area (Å²) in [6.07, 6.45) is 0.699. The predicted molar refractivity (Wildman–Crippen MR) is 119 cm³/mol. The quantitative estimate of drug-likeness (QED) is 0.490. The Hall–Kier alpha value is -1.84. The first-order valence-corrected chi connectivity index (χ1v) is 10.5. The van der Waals surface area contributed by atoms with Crippen molar-refractivity contribution < 1.29 is 18.8 Å². The van der Waals surface area contributed by atoms with Gasteiger partial charge in [-0.25, -0.2) is 9.87 Å². The standard InChI is InChI=1S/C20H21ClFN3O3S.ClH/c1-2-7-28-24-19(26)14-8-17-18(9-15(14)22)29-11-16(23)20(27)25(17)10-12-3-5-13(21)6-4-12;/h3-6,8-9,16H,2,7,10-11,23H2,1H3,(H,24,26);1H/t16-;/m0./s1. The Morgan fingerprint density at radius 1 is 1.37 bits per heavy atom. The van der Waals surface area contributed by atoms with Gasteiger partial charge in [-0.3, -0.25) is 14.4 Å². The average molecular weight is 474 g/mol. The number of fused-ring (bicyclic) bond motifs is 1. The Morgan fingerprint density at radius 3 is 2.73 bits per heavy atom. The van der Waals surface area contributed by atoms with Gasteiger partial charge in [-0.15, -0.1) is 24.2 Å². The number of carbonyl (C=O) groups is 2. The van der Waals surface area contributed by atoms with E-state index in [-0.39, 0.29) is 30.4 Å². The molecular weight excluding hydrogens is 452 g/mol. The first-order chi connectivity index (χ1) is 13.9. The summed E-state index contributed by atoms with van der Waals surface area (Å²) >= 11 is 7.22. The molecule has 1 heterocycles. The van der Waals surface area contributed by atoms with Gasteiger partial charge >= 0.3 is 0 Å². The zero-order chi connectivity index (χ0) is 21.0. The van der Waals surface area contributed by atoms with Crippen molar-refractivity contribution in [3.05, 3.63) is 58.4 Å². The molecule has 0 spiro atoms. The molecule has 0 saturated heterocycles.